The van der Waals surface area contributed by atoms with Crippen molar-refractivity contribution in [3.05, 3.63) is 34.9 Å². The molecule has 2 aliphatic rings. The van der Waals surface area contributed by atoms with E-state index in [4.69, 9.17) is 17.3 Å². The minimum atomic E-state index is -0.399. The minimum Gasteiger partial charge on any atom is -0.368 e. The van der Waals surface area contributed by atoms with Crippen molar-refractivity contribution in [3.8, 4) is 0 Å². The summed E-state index contributed by atoms with van der Waals surface area (Å²) in [6, 6.07) is 7.84. The van der Waals surface area contributed by atoms with Crippen LogP contribution in [0.1, 0.15) is 30.7 Å². The number of nitrogens with two attached hydrogens (primary N) is 1. The molecule has 2 fully saturated rings. The first-order valence-corrected chi connectivity index (χ1v) is 7.96. The van der Waals surface area contributed by atoms with Crippen LogP contribution in [0.25, 0.3) is 0 Å². The van der Waals surface area contributed by atoms with Crippen LogP contribution in [0.3, 0.4) is 0 Å². The summed E-state index contributed by atoms with van der Waals surface area (Å²) in [5.41, 5.74) is 6.43. The number of rotatable bonds is 3. The normalized spacial score (nSPS) is 23.8. The molecule has 2 amide bonds. The van der Waals surface area contributed by atoms with E-state index in [1.807, 2.05) is 12.1 Å². The number of hydrogen-bond donors (Lipinski definition) is 2. The van der Waals surface area contributed by atoms with E-state index >= 15 is 0 Å². The van der Waals surface area contributed by atoms with Crippen molar-refractivity contribution in [1.82, 2.24) is 10.2 Å². The average Bonchev–Trinajstić information content (AvgIpc) is 3.20. The van der Waals surface area contributed by atoms with Gasteiger partial charge in [-0.1, -0.05) is 23.7 Å². The second-order valence-electron chi connectivity index (χ2n) is 5.64. The van der Waals surface area contributed by atoms with Gasteiger partial charge in [-0.2, -0.15) is 0 Å². The standard InChI is InChI=1S/C10H12ClN.C6H10N2O2/c11-10-3-1-8(2-4-10)9-5-6-12-7-9;7-6(10)5-2-1-3-8(5)4-9/h1-4,9,12H,5-7H2;4-5H,1-3H2,(H2,7,10). The second-order valence-corrected chi connectivity index (χ2v) is 6.08. The van der Waals surface area contributed by atoms with E-state index in [2.05, 4.69) is 17.4 Å². The highest BCUT2D eigenvalue weighted by atomic mass is 35.5. The molecule has 0 aliphatic carbocycles. The number of halogens is 1. The monoisotopic (exact) mass is 323 g/mol. The summed E-state index contributed by atoms with van der Waals surface area (Å²) >= 11 is 5.80. The molecule has 5 nitrogen and oxygen atoms in total. The number of nitrogens with one attached hydrogen (secondary N) is 1. The van der Waals surface area contributed by atoms with Gasteiger partial charge in [0, 0.05) is 18.1 Å². The van der Waals surface area contributed by atoms with E-state index in [1.165, 1.54) is 16.9 Å². The van der Waals surface area contributed by atoms with Gasteiger partial charge < -0.3 is 16.0 Å². The number of carbonyl (C=O) groups is 2. The number of primary amides is 1. The first-order valence-electron chi connectivity index (χ1n) is 7.58. The van der Waals surface area contributed by atoms with Gasteiger partial charge in [0.15, 0.2) is 0 Å². The zero-order valence-electron chi connectivity index (χ0n) is 12.5. The molecular weight excluding hydrogens is 302 g/mol. The summed E-state index contributed by atoms with van der Waals surface area (Å²) in [6.45, 7) is 2.92. The van der Waals surface area contributed by atoms with E-state index in [1.54, 1.807) is 0 Å². The molecule has 22 heavy (non-hydrogen) atoms. The Kier molecular flexibility index (Phi) is 6.21. The molecule has 0 saturated carbocycles. The third kappa shape index (κ3) is 4.45. The number of carbonyl (C=O) groups excluding carboxylic acids is 2. The Morgan fingerprint density at radius 1 is 1.32 bits per heavy atom. The summed E-state index contributed by atoms with van der Waals surface area (Å²) in [5.74, 6) is 0.298. The van der Waals surface area contributed by atoms with Crippen LogP contribution in [0.4, 0.5) is 0 Å². The zero-order chi connectivity index (χ0) is 15.9. The summed E-state index contributed by atoms with van der Waals surface area (Å²) in [7, 11) is 0. The lowest BCUT2D eigenvalue weighted by atomic mass is 9.99. The fourth-order valence-electron chi connectivity index (χ4n) is 2.89. The largest absolute Gasteiger partial charge is 0.368 e. The van der Waals surface area contributed by atoms with Crippen LogP contribution in [-0.4, -0.2) is 42.9 Å². The summed E-state index contributed by atoms with van der Waals surface area (Å²) in [6.07, 6.45) is 3.53. The van der Waals surface area contributed by atoms with Gasteiger partial charge in [0.2, 0.25) is 12.3 Å². The van der Waals surface area contributed by atoms with E-state index in [-0.39, 0.29) is 6.04 Å². The molecule has 1 aromatic carbocycles. The summed E-state index contributed by atoms with van der Waals surface area (Å²) in [4.78, 5) is 22.3. The Labute approximate surface area is 135 Å². The molecule has 2 atom stereocenters. The first kappa shape index (κ1) is 16.8. The van der Waals surface area contributed by atoms with E-state index < -0.39 is 5.91 Å². The molecule has 1 aromatic rings. The lowest BCUT2D eigenvalue weighted by molar-refractivity contribution is -0.128. The molecule has 120 valence electrons. The lowest BCUT2D eigenvalue weighted by Gasteiger charge is -2.15. The molecule has 0 bridgehead atoms. The molecule has 3 N–H and O–H groups in total. The molecule has 3 rings (SSSR count). The Morgan fingerprint density at radius 3 is 2.55 bits per heavy atom. The predicted octanol–water partition coefficient (Wildman–Crippen LogP) is 1.51. The second kappa shape index (κ2) is 8.15. The number of nitrogens with zero attached hydrogens (tertiary/aromatic N) is 1. The van der Waals surface area contributed by atoms with Crippen LogP contribution >= 0.6 is 11.6 Å². The van der Waals surface area contributed by atoms with Gasteiger partial charge in [0.05, 0.1) is 0 Å². The SMILES string of the molecule is Clc1ccc(C2CCNC2)cc1.NC(=O)C1CCCN1C=O. The van der Waals surface area contributed by atoms with Crippen molar-refractivity contribution in [2.24, 2.45) is 5.73 Å². The van der Waals surface area contributed by atoms with Crippen LogP contribution in [0.2, 0.25) is 5.02 Å². The lowest BCUT2D eigenvalue weighted by Crippen LogP contribution is -2.39. The molecule has 6 heteroatoms. The molecule has 2 saturated heterocycles. The molecule has 0 radical (unpaired) electrons. The van der Waals surface area contributed by atoms with Gasteiger partial charge in [-0.25, -0.2) is 0 Å². The maximum atomic E-state index is 10.6. The fraction of sp³-hybridized carbons (Fsp3) is 0.500. The van der Waals surface area contributed by atoms with Gasteiger partial charge in [-0.15, -0.1) is 0 Å². The van der Waals surface area contributed by atoms with E-state index in [0.29, 0.717) is 25.3 Å². The van der Waals surface area contributed by atoms with E-state index in [9.17, 15) is 9.59 Å². The fourth-order valence-corrected chi connectivity index (χ4v) is 3.02. The van der Waals surface area contributed by atoms with Gasteiger partial charge in [0.25, 0.3) is 0 Å². The molecule has 2 aliphatic heterocycles. The van der Waals surface area contributed by atoms with Crippen molar-refractivity contribution in [2.75, 3.05) is 19.6 Å². The third-order valence-corrected chi connectivity index (χ3v) is 4.41. The third-order valence-electron chi connectivity index (χ3n) is 4.16. The van der Waals surface area contributed by atoms with E-state index in [0.717, 1.165) is 24.5 Å². The van der Waals surface area contributed by atoms with Crippen LogP contribution in [0.5, 0.6) is 0 Å². The van der Waals surface area contributed by atoms with Crippen molar-refractivity contribution in [3.63, 3.8) is 0 Å². The van der Waals surface area contributed by atoms with Crippen LogP contribution in [-0.2, 0) is 9.59 Å². The Balaban J connectivity index is 0.000000164. The maximum absolute atomic E-state index is 10.6. The van der Waals surface area contributed by atoms with Crippen molar-refractivity contribution in [2.45, 2.75) is 31.2 Å². The van der Waals surface area contributed by atoms with Gasteiger partial charge in [-0.3, -0.25) is 9.59 Å². The molecule has 2 unspecified atom stereocenters. The van der Waals surface area contributed by atoms with Crippen LogP contribution < -0.4 is 11.1 Å². The average molecular weight is 324 g/mol. The predicted molar refractivity (Wildman–Crippen MR) is 86.7 cm³/mol. The minimum absolute atomic E-state index is 0.350. The van der Waals surface area contributed by atoms with Crippen molar-refractivity contribution < 1.29 is 9.59 Å². The highest BCUT2D eigenvalue weighted by molar-refractivity contribution is 6.30. The number of likely N-dealkylation sites (tertiary alicyclic amines) is 1. The topological polar surface area (TPSA) is 75.4 Å². The summed E-state index contributed by atoms with van der Waals surface area (Å²) in [5, 5.41) is 4.18. The number of benzene rings is 1. The van der Waals surface area contributed by atoms with Crippen molar-refractivity contribution in [1.29, 1.82) is 0 Å². The van der Waals surface area contributed by atoms with Gasteiger partial charge in [-0.05, 0) is 49.4 Å². The van der Waals surface area contributed by atoms with Crippen LogP contribution in [0, 0.1) is 0 Å². The zero-order valence-corrected chi connectivity index (χ0v) is 13.3. The summed E-state index contributed by atoms with van der Waals surface area (Å²) < 4.78 is 0. The number of amides is 2. The van der Waals surface area contributed by atoms with Gasteiger partial charge >= 0.3 is 0 Å². The molecular formula is C16H22ClN3O2. The highest BCUT2D eigenvalue weighted by Gasteiger charge is 2.27. The Hall–Kier alpha value is -1.59. The highest BCUT2D eigenvalue weighted by Crippen LogP contribution is 2.23. The quantitative estimate of drug-likeness (QED) is 0.828. The number of hydrogen-bond acceptors (Lipinski definition) is 3. The smallest absolute Gasteiger partial charge is 0.240 e. The van der Waals surface area contributed by atoms with Gasteiger partial charge in [0.1, 0.15) is 6.04 Å². The van der Waals surface area contributed by atoms with Crippen molar-refractivity contribution >= 4 is 23.9 Å². The Morgan fingerprint density at radius 2 is 2.05 bits per heavy atom. The first-order chi connectivity index (χ1) is 10.6. The Bertz CT molecular complexity index is 501. The molecule has 0 aromatic heterocycles. The van der Waals surface area contributed by atoms with Crippen LogP contribution in [0.15, 0.2) is 24.3 Å². The molecule has 0 spiro atoms. The maximum Gasteiger partial charge on any atom is 0.240 e. The molecule has 2 heterocycles.